The summed E-state index contributed by atoms with van der Waals surface area (Å²) in [5, 5.41) is 0. The lowest BCUT2D eigenvalue weighted by Gasteiger charge is -2.50. The summed E-state index contributed by atoms with van der Waals surface area (Å²) < 4.78 is 0. The van der Waals surface area contributed by atoms with Crippen LogP contribution in [0.4, 0.5) is 0 Å². The van der Waals surface area contributed by atoms with Gasteiger partial charge in [-0.25, -0.2) is 0 Å². The average Bonchev–Trinajstić information content (AvgIpc) is 2.83. The van der Waals surface area contributed by atoms with Gasteiger partial charge in [0.15, 0.2) is 0 Å². The minimum atomic E-state index is 0.489. The van der Waals surface area contributed by atoms with Gasteiger partial charge in [-0.1, -0.05) is 50.5 Å². The van der Waals surface area contributed by atoms with Crippen molar-refractivity contribution in [3.63, 3.8) is 0 Å². The second-order valence-corrected chi connectivity index (χ2v) is 9.03. The molecule has 21 heavy (non-hydrogen) atoms. The minimum absolute atomic E-state index is 0.489. The predicted octanol–water partition coefficient (Wildman–Crippen LogP) is 6.14. The maximum atomic E-state index is 2.61. The molecule has 0 spiro atoms. The van der Waals surface area contributed by atoms with E-state index in [2.05, 4.69) is 33.8 Å². The topological polar surface area (TPSA) is 0 Å². The highest BCUT2D eigenvalue weighted by Gasteiger charge is 2.48. The zero-order valence-corrected chi connectivity index (χ0v) is 14.4. The maximum Gasteiger partial charge on any atom is -0.00996 e. The van der Waals surface area contributed by atoms with Crippen molar-refractivity contribution in [2.45, 2.75) is 72.6 Å². The molecule has 0 aromatic carbocycles. The molecular formula is C21H32. The van der Waals surface area contributed by atoms with Gasteiger partial charge >= 0.3 is 0 Å². The van der Waals surface area contributed by atoms with Crippen molar-refractivity contribution in [2.24, 2.45) is 35.0 Å². The summed E-state index contributed by atoms with van der Waals surface area (Å²) in [7, 11) is 0. The Balaban J connectivity index is 1.77. The van der Waals surface area contributed by atoms with E-state index in [1.807, 2.05) is 16.7 Å². The molecule has 0 aromatic rings. The van der Waals surface area contributed by atoms with Crippen molar-refractivity contribution in [3.05, 3.63) is 22.8 Å². The Kier molecular flexibility index (Phi) is 3.18. The summed E-state index contributed by atoms with van der Waals surface area (Å²) in [6.45, 7) is 10.1. The highest BCUT2D eigenvalue weighted by molar-refractivity contribution is 5.39. The number of hydrogen-bond donors (Lipinski definition) is 0. The monoisotopic (exact) mass is 284 g/mol. The molecule has 5 unspecified atom stereocenters. The van der Waals surface area contributed by atoms with Gasteiger partial charge in [-0.2, -0.15) is 0 Å². The Bertz CT molecular complexity index is 504. The van der Waals surface area contributed by atoms with Crippen LogP contribution in [0.3, 0.4) is 0 Å². The van der Waals surface area contributed by atoms with E-state index in [0.29, 0.717) is 5.41 Å². The fourth-order valence-corrected chi connectivity index (χ4v) is 6.14. The largest absolute Gasteiger partial charge is 0.0847 e. The van der Waals surface area contributed by atoms with E-state index >= 15 is 0 Å². The first-order valence-electron chi connectivity index (χ1n) is 9.42. The molecule has 5 atom stereocenters. The van der Waals surface area contributed by atoms with E-state index < -0.39 is 0 Å². The van der Waals surface area contributed by atoms with Crippen molar-refractivity contribution in [1.29, 1.82) is 0 Å². The summed E-state index contributed by atoms with van der Waals surface area (Å²) in [4.78, 5) is 0. The van der Waals surface area contributed by atoms with Crippen molar-refractivity contribution in [1.82, 2.24) is 0 Å². The summed E-state index contributed by atoms with van der Waals surface area (Å²) in [5.74, 6) is 4.48. The zero-order chi connectivity index (χ0) is 14.8. The van der Waals surface area contributed by atoms with Gasteiger partial charge in [-0.05, 0) is 80.0 Å². The van der Waals surface area contributed by atoms with Gasteiger partial charge in [0.05, 0.1) is 0 Å². The lowest BCUT2D eigenvalue weighted by Crippen LogP contribution is -2.41. The molecule has 0 radical (unpaired) electrons. The second-order valence-electron chi connectivity index (χ2n) is 9.03. The van der Waals surface area contributed by atoms with Crippen LogP contribution in [0.1, 0.15) is 72.6 Å². The van der Waals surface area contributed by atoms with Gasteiger partial charge < -0.3 is 0 Å². The average molecular weight is 284 g/mol. The third-order valence-corrected chi connectivity index (χ3v) is 8.06. The molecule has 0 saturated heterocycles. The molecule has 4 rings (SSSR count). The molecule has 4 aliphatic rings. The van der Waals surface area contributed by atoms with E-state index in [1.165, 1.54) is 44.9 Å². The van der Waals surface area contributed by atoms with Crippen LogP contribution in [0.25, 0.3) is 0 Å². The van der Waals surface area contributed by atoms with Crippen molar-refractivity contribution in [2.75, 3.05) is 0 Å². The molecule has 2 fully saturated rings. The molecule has 0 bridgehead atoms. The summed E-state index contributed by atoms with van der Waals surface area (Å²) >= 11 is 0. The van der Waals surface area contributed by atoms with Gasteiger partial charge in [0.25, 0.3) is 0 Å². The third kappa shape index (κ3) is 1.93. The fraction of sp³-hybridized carbons (Fsp3) is 0.810. The highest BCUT2D eigenvalue weighted by Crippen LogP contribution is 2.60. The van der Waals surface area contributed by atoms with Crippen molar-refractivity contribution in [3.8, 4) is 0 Å². The molecule has 0 heteroatoms. The summed E-state index contributed by atoms with van der Waals surface area (Å²) in [6.07, 6.45) is 12.7. The quantitative estimate of drug-likeness (QED) is 0.469. The standard InChI is InChI=1S/C21H32/c1-13-11-16-9-10-18-17-8-6-5-7-15(17)12-19(18)20(16)14(2)21(13,3)4/h7,13-14,16-18H,5-6,8-12H2,1-4H3. The molecule has 0 aromatic heterocycles. The SMILES string of the molecule is CC1CC2CCC3C(=C2C(C)C1(C)C)CC1=CCCCC13. The van der Waals surface area contributed by atoms with Crippen LogP contribution in [0.2, 0.25) is 0 Å². The second kappa shape index (κ2) is 4.74. The summed E-state index contributed by atoms with van der Waals surface area (Å²) in [6, 6.07) is 0. The smallest absolute Gasteiger partial charge is 0.00996 e. The number of fused-ring (bicyclic) bond motifs is 4. The fourth-order valence-electron chi connectivity index (χ4n) is 6.14. The van der Waals surface area contributed by atoms with E-state index in [-0.39, 0.29) is 0 Å². The molecule has 4 aliphatic carbocycles. The molecule has 0 nitrogen and oxygen atoms in total. The maximum absolute atomic E-state index is 2.61. The Hall–Kier alpha value is -0.520. The van der Waals surface area contributed by atoms with Crippen LogP contribution < -0.4 is 0 Å². The molecule has 0 N–H and O–H groups in total. The van der Waals surface area contributed by atoms with Crippen LogP contribution in [-0.2, 0) is 0 Å². The van der Waals surface area contributed by atoms with Crippen molar-refractivity contribution >= 4 is 0 Å². The predicted molar refractivity (Wildman–Crippen MR) is 90.0 cm³/mol. The Morgan fingerprint density at radius 2 is 1.86 bits per heavy atom. The first-order valence-corrected chi connectivity index (χ1v) is 9.42. The molecule has 2 saturated carbocycles. The van der Waals surface area contributed by atoms with E-state index in [1.54, 1.807) is 0 Å². The first-order chi connectivity index (χ1) is 10.00. The lowest BCUT2D eigenvalue weighted by molar-refractivity contribution is 0.0831. The van der Waals surface area contributed by atoms with Crippen LogP contribution in [0, 0.1) is 35.0 Å². The van der Waals surface area contributed by atoms with Gasteiger partial charge in [0, 0.05) is 0 Å². The Morgan fingerprint density at radius 3 is 2.67 bits per heavy atom. The van der Waals surface area contributed by atoms with E-state index in [4.69, 9.17) is 0 Å². The summed E-state index contributed by atoms with van der Waals surface area (Å²) in [5.41, 5.74) is 6.18. The van der Waals surface area contributed by atoms with Crippen LogP contribution in [-0.4, -0.2) is 0 Å². The first kappa shape index (κ1) is 14.1. The number of rotatable bonds is 0. The third-order valence-electron chi connectivity index (χ3n) is 8.06. The Labute approximate surface area is 131 Å². The minimum Gasteiger partial charge on any atom is -0.0847 e. The van der Waals surface area contributed by atoms with Gasteiger partial charge in [-0.15, -0.1) is 0 Å². The number of allylic oxidation sites excluding steroid dienone is 4. The van der Waals surface area contributed by atoms with Crippen LogP contribution in [0.15, 0.2) is 22.8 Å². The molecular weight excluding hydrogens is 252 g/mol. The van der Waals surface area contributed by atoms with Crippen molar-refractivity contribution < 1.29 is 0 Å². The molecule has 116 valence electrons. The van der Waals surface area contributed by atoms with Gasteiger partial charge in [0.2, 0.25) is 0 Å². The molecule has 0 heterocycles. The van der Waals surface area contributed by atoms with E-state index in [0.717, 1.165) is 29.6 Å². The molecule has 0 aliphatic heterocycles. The van der Waals surface area contributed by atoms with Crippen LogP contribution in [0.5, 0.6) is 0 Å². The molecule has 0 amide bonds. The zero-order valence-electron chi connectivity index (χ0n) is 14.4. The lowest BCUT2D eigenvalue weighted by atomic mass is 9.54. The number of hydrogen-bond acceptors (Lipinski definition) is 0. The van der Waals surface area contributed by atoms with E-state index in [9.17, 15) is 0 Å². The van der Waals surface area contributed by atoms with Gasteiger partial charge in [0.1, 0.15) is 0 Å². The van der Waals surface area contributed by atoms with Gasteiger partial charge in [-0.3, -0.25) is 0 Å². The normalized spacial score (nSPS) is 44.8. The highest BCUT2D eigenvalue weighted by atomic mass is 14.5. The Morgan fingerprint density at radius 1 is 1.05 bits per heavy atom. The van der Waals surface area contributed by atoms with Crippen LogP contribution >= 0.6 is 0 Å².